The van der Waals surface area contributed by atoms with Crippen molar-refractivity contribution in [3.05, 3.63) is 90.0 Å². The van der Waals surface area contributed by atoms with Crippen LogP contribution in [0.15, 0.2) is 78.9 Å². The van der Waals surface area contributed by atoms with Crippen molar-refractivity contribution in [2.45, 2.75) is 12.7 Å². The lowest BCUT2D eigenvalue weighted by molar-refractivity contribution is -0.137. The van der Waals surface area contributed by atoms with Gasteiger partial charge in [-0.15, -0.1) is 0 Å². The summed E-state index contributed by atoms with van der Waals surface area (Å²) in [4.78, 5) is 12.4. The number of para-hydroxylation sites is 1. The van der Waals surface area contributed by atoms with Gasteiger partial charge in [-0.25, -0.2) is 8.42 Å². The second kappa shape index (κ2) is 9.95. The van der Waals surface area contributed by atoms with Crippen LogP contribution in [-0.2, 0) is 27.5 Å². The van der Waals surface area contributed by atoms with Gasteiger partial charge in [-0.3, -0.25) is 9.10 Å². The molecule has 0 spiro atoms. The topological polar surface area (TPSA) is 75.7 Å². The number of sulfonamides is 1. The Morgan fingerprint density at radius 2 is 1.58 bits per heavy atom. The number of ether oxygens (including phenoxy) is 1. The molecular formula is C23H21F3N2O4S. The van der Waals surface area contributed by atoms with Crippen molar-refractivity contribution < 1.29 is 31.1 Å². The Hall–Kier alpha value is -3.53. The van der Waals surface area contributed by atoms with E-state index in [0.29, 0.717) is 11.5 Å². The van der Waals surface area contributed by atoms with Crippen LogP contribution in [-0.4, -0.2) is 27.1 Å². The Balaban J connectivity index is 1.67. The number of alkyl halides is 3. The summed E-state index contributed by atoms with van der Waals surface area (Å²) in [5.41, 5.74) is -0.344. The molecule has 0 aliphatic heterocycles. The van der Waals surface area contributed by atoms with Crippen LogP contribution >= 0.6 is 0 Å². The molecular weight excluding hydrogens is 457 g/mol. The Kier molecular flexibility index (Phi) is 7.27. The zero-order valence-electron chi connectivity index (χ0n) is 17.5. The first-order chi connectivity index (χ1) is 15.5. The average molecular weight is 478 g/mol. The minimum atomic E-state index is -4.50. The zero-order chi connectivity index (χ0) is 24.1. The van der Waals surface area contributed by atoms with Crippen LogP contribution in [0.5, 0.6) is 11.5 Å². The summed E-state index contributed by atoms with van der Waals surface area (Å²) in [6.07, 6.45) is -3.54. The molecule has 33 heavy (non-hydrogen) atoms. The molecule has 0 fully saturated rings. The molecule has 3 aromatic carbocycles. The predicted molar refractivity (Wildman–Crippen MR) is 118 cm³/mol. The van der Waals surface area contributed by atoms with Crippen LogP contribution in [0, 0.1) is 0 Å². The van der Waals surface area contributed by atoms with Gasteiger partial charge in [-0.05, 0) is 54.1 Å². The van der Waals surface area contributed by atoms with Crippen molar-refractivity contribution in [1.82, 2.24) is 5.32 Å². The number of carbonyl (C=O) groups excluding carboxylic acids is 1. The molecule has 0 saturated heterocycles. The normalized spacial score (nSPS) is 11.6. The van der Waals surface area contributed by atoms with Crippen LogP contribution in [0.2, 0.25) is 0 Å². The van der Waals surface area contributed by atoms with E-state index in [1.807, 2.05) is 18.2 Å². The van der Waals surface area contributed by atoms with Gasteiger partial charge in [0, 0.05) is 6.54 Å². The van der Waals surface area contributed by atoms with Gasteiger partial charge in [0.15, 0.2) is 0 Å². The van der Waals surface area contributed by atoms with E-state index in [1.165, 1.54) is 24.3 Å². The molecule has 0 saturated carbocycles. The molecule has 0 aliphatic carbocycles. The maximum atomic E-state index is 12.8. The van der Waals surface area contributed by atoms with Crippen molar-refractivity contribution in [2.75, 3.05) is 17.1 Å². The van der Waals surface area contributed by atoms with Gasteiger partial charge >= 0.3 is 6.18 Å². The van der Waals surface area contributed by atoms with Gasteiger partial charge in [-0.1, -0.05) is 30.3 Å². The second-order valence-corrected chi connectivity index (χ2v) is 9.06. The number of amides is 1. The van der Waals surface area contributed by atoms with E-state index in [0.717, 1.165) is 22.7 Å². The average Bonchev–Trinajstić information content (AvgIpc) is 2.76. The van der Waals surface area contributed by atoms with Gasteiger partial charge in [0.1, 0.15) is 18.0 Å². The van der Waals surface area contributed by atoms with Crippen molar-refractivity contribution in [3.8, 4) is 11.5 Å². The highest BCUT2D eigenvalue weighted by Crippen LogP contribution is 2.29. The minimum absolute atomic E-state index is 0.176. The van der Waals surface area contributed by atoms with E-state index in [4.69, 9.17) is 4.74 Å². The van der Waals surface area contributed by atoms with E-state index in [1.54, 1.807) is 24.3 Å². The molecule has 0 aromatic heterocycles. The molecule has 0 aliphatic rings. The van der Waals surface area contributed by atoms with Crippen LogP contribution in [0.3, 0.4) is 0 Å². The van der Waals surface area contributed by atoms with Crippen molar-refractivity contribution in [2.24, 2.45) is 0 Å². The fourth-order valence-electron chi connectivity index (χ4n) is 2.95. The number of anilines is 1. The standard InChI is InChI=1S/C23H21F3N2O4S/c1-33(30,31)28(19-10-12-21(13-11-19)32-20-8-3-2-4-9-20)16-22(29)27-15-17-6-5-7-18(14-17)23(24,25)26/h2-14H,15-16H2,1H3,(H,27,29). The Bertz CT molecular complexity index is 1200. The number of nitrogens with one attached hydrogen (secondary N) is 1. The van der Waals surface area contributed by atoms with Crippen molar-refractivity contribution in [3.63, 3.8) is 0 Å². The monoisotopic (exact) mass is 478 g/mol. The summed E-state index contributed by atoms with van der Waals surface area (Å²) in [6.45, 7) is -0.707. The van der Waals surface area contributed by atoms with Crippen LogP contribution in [0.4, 0.5) is 18.9 Å². The number of hydrogen-bond acceptors (Lipinski definition) is 4. The summed E-state index contributed by atoms with van der Waals surface area (Å²) in [6, 6.07) is 19.7. The summed E-state index contributed by atoms with van der Waals surface area (Å²) in [7, 11) is -3.81. The van der Waals surface area contributed by atoms with E-state index >= 15 is 0 Å². The predicted octanol–water partition coefficient (Wildman–Crippen LogP) is 4.58. The van der Waals surface area contributed by atoms with Gasteiger partial charge < -0.3 is 10.1 Å². The third kappa shape index (κ3) is 6.98. The fourth-order valence-corrected chi connectivity index (χ4v) is 3.81. The summed E-state index contributed by atoms with van der Waals surface area (Å²) >= 11 is 0. The number of hydrogen-bond donors (Lipinski definition) is 1. The van der Waals surface area contributed by atoms with Gasteiger partial charge in [0.2, 0.25) is 15.9 Å². The molecule has 1 amide bonds. The van der Waals surface area contributed by atoms with Crippen LogP contribution in [0.1, 0.15) is 11.1 Å². The number of nitrogens with zero attached hydrogens (tertiary/aromatic N) is 1. The fraction of sp³-hybridized carbons (Fsp3) is 0.174. The molecule has 0 atom stereocenters. The van der Waals surface area contributed by atoms with E-state index in [2.05, 4.69) is 5.32 Å². The molecule has 0 unspecified atom stereocenters. The second-order valence-electron chi connectivity index (χ2n) is 7.15. The molecule has 1 N–H and O–H groups in total. The van der Waals surface area contributed by atoms with Gasteiger partial charge in [0.25, 0.3) is 0 Å². The molecule has 10 heteroatoms. The molecule has 0 heterocycles. The van der Waals surface area contributed by atoms with Crippen molar-refractivity contribution >= 4 is 21.6 Å². The summed E-state index contributed by atoms with van der Waals surface area (Å²) in [5.74, 6) is 0.425. The minimum Gasteiger partial charge on any atom is -0.457 e. The first-order valence-corrected chi connectivity index (χ1v) is 11.6. The highest BCUT2D eigenvalue weighted by Gasteiger charge is 2.30. The zero-order valence-corrected chi connectivity index (χ0v) is 18.4. The molecule has 174 valence electrons. The molecule has 0 radical (unpaired) electrons. The lowest BCUT2D eigenvalue weighted by Crippen LogP contribution is -2.40. The molecule has 3 aromatic rings. The third-order valence-electron chi connectivity index (χ3n) is 4.54. The maximum absolute atomic E-state index is 12.8. The Morgan fingerprint density at radius 3 is 2.18 bits per heavy atom. The highest BCUT2D eigenvalue weighted by atomic mass is 32.2. The van der Waals surface area contributed by atoms with E-state index in [9.17, 15) is 26.4 Å². The SMILES string of the molecule is CS(=O)(=O)N(CC(=O)NCc1cccc(C(F)(F)F)c1)c1ccc(Oc2ccccc2)cc1. The largest absolute Gasteiger partial charge is 0.457 e. The number of benzene rings is 3. The molecule has 0 bridgehead atoms. The Morgan fingerprint density at radius 1 is 0.939 bits per heavy atom. The van der Waals surface area contributed by atoms with Crippen LogP contribution in [0.25, 0.3) is 0 Å². The Labute approximate surface area is 189 Å². The first kappa shape index (κ1) is 24.1. The van der Waals surface area contributed by atoms with Crippen molar-refractivity contribution in [1.29, 1.82) is 0 Å². The van der Waals surface area contributed by atoms with E-state index in [-0.39, 0.29) is 17.8 Å². The van der Waals surface area contributed by atoms with Crippen LogP contribution < -0.4 is 14.4 Å². The maximum Gasteiger partial charge on any atom is 0.416 e. The van der Waals surface area contributed by atoms with Gasteiger partial charge in [0.05, 0.1) is 17.5 Å². The third-order valence-corrected chi connectivity index (χ3v) is 5.68. The summed E-state index contributed by atoms with van der Waals surface area (Å²) < 4.78 is 69.6. The van der Waals surface area contributed by atoms with Gasteiger partial charge in [-0.2, -0.15) is 13.2 Å². The molecule has 6 nitrogen and oxygen atoms in total. The lowest BCUT2D eigenvalue weighted by atomic mass is 10.1. The smallest absolute Gasteiger partial charge is 0.416 e. The quantitative estimate of drug-likeness (QED) is 0.514. The number of carbonyl (C=O) groups is 1. The molecule has 3 rings (SSSR count). The first-order valence-electron chi connectivity index (χ1n) is 9.76. The lowest BCUT2D eigenvalue weighted by Gasteiger charge is -2.22. The number of rotatable bonds is 8. The number of halogens is 3. The van der Waals surface area contributed by atoms with E-state index < -0.39 is 34.2 Å². The highest BCUT2D eigenvalue weighted by molar-refractivity contribution is 7.92. The summed E-state index contributed by atoms with van der Waals surface area (Å²) in [5, 5.41) is 2.46.